The number of hydrogen-bond acceptors (Lipinski definition) is 5. The molecule has 1 aliphatic rings. The second kappa shape index (κ2) is 8.67. The van der Waals surface area contributed by atoms with Crippen molar-refractivity contribution < 1.29 is 14.3 Å². The molecule has 0 bridgehead atoms. The third kappa shape index (κ3) is 4.15. The van der Waals surface area contributed by atoms with Crippen LogP contribution in [0.2, 0.25) is 0 Å². The Hall–Kier alpha value is -2.51. The van der Waals surface area contributed by atoms with Crippen LogP contribution in [-0.2, 0) is 14.3 Å². The first-order valence-corrected chi connectivity index (χ1v) is 10.3. The van der Waals surface area contributed by atoms with Gasteiger partial charge in [0, 0.05) is 15.5 Å². The Labute approximate surface area is 173 Å². The maximum absolute atomic E-state index is 12.9. The summed E-state index contributed by atoms with van der Waals surface area (Å²) in [7, 11) is 0. The number of ether oxygens (including phenoxy) is 1. The molecule has 3 rings (SSSR count). The zero-order valence-electron chi connectivity index (χ0n) is 15.9. The van der Waals surface area contributed by atoms with Gasteiger partial charge in [0.05, 0.1) is 18.2 Å². The van der Waals surface area contributed by atoms with E-state index in [2.05, 4.69) is 10.6 Å². The third-order valence-electron chi connectivity index (χ3n) is 4.35. The Morgan fingerprint density at radius 3 is 2.54 bits per heavy atom. The molecule has 146 valence electrons. The number of nitrogens with one attached hydrogen (secondary N) is 2. The smallest absolute Gasteiger partial charge is 0.379 e. The van der Waals surface area contributed by atoms with E-state index in [1.807, 2.05) is 56.3 Å². The monoisotopic (exact) mass is 414 g/mol. The van der Waals surface area contributed by atoms with Gasteiger partial charge in [-0.2, -0.15) is 0 Å². The summed E-state index contributed by atoms with van der Waals surface area (Å²) in [6.07, 6.45) is 0. The van der Waals surface area contributed by atoms with Crippen molar-refractivity contribution >= 4 is 40.4 Å². The molecule has 0 radical (unpaired) electrons. The van der Waals surface area contributed by atoms with E-state index in [-0.39, 0.29) is 12.5 Å². The second-order valence-corrected chi connectivity index (χ2v) is 8.15. The standard InChI is InChI=1S/C21H22N2O3S2/c1-4-26-20(25)19(24)16-17(12(2)3)22-21(27)23-18(16)15-11-10-14(28-15)13-8-6-5-7-9-13/h5-12,18H,4H2,1-3H3,(H2,22,23,27)/t18-/m0/s1. The molecular weight excluding hydrogens is 392 g/mol. The number of esters is 1. The number of benzene rings is 1. The summed E-state index contributed by atoms with van der Waals surface area (Å²) in [5.74, 6) is -1.51. The van der Waals surface area contributed by atoms with Crippen LogP contribution in [0, 0.1) is 5.92 Å². The van der Waals surface area contributed by atoms with Crippen LogP contribution in [0.15, 0.2) is 53.7 Å². The topological polar surface area (TPSA) is 67.4 Å². The average molecular weight is 415 g/mol. The zero-order valence-corrected chi connectivity index (χ0v) is 17.6. The minimum atomic E-state index is -0.850. The lowest BCUT2D eigenvalue weighted by atomic mass is 9.92. The summed E-state index contributed by atoms with van der Waals surface area (Å²) in [6.45, 7) is 5.74. The van der Waals surface area contributed by atoms with Gasteiger partial charge in [-0.1, -0.05) is 44.2 Å². The molecule has 0 saturated heterocycles. The maximum atomic E-state index is 12.9. The molecule has 0 spiro atoms. The van der Waals surface area contributed by atoms with E-state index in [4.69, 9.17) is 17.0 Å². The summed E-state index contributed by atoms with van der Waals surface area (Å²) in [4.78, 5) is 27.1. The Balaban J connectivity index is 2.05. The van der Waals surface area contributed by atoms with Crippen LogP contribution in [0.5, 0.6) is 0 Å². The highest BCUT2D eigenvalue weighted by Gasteiger charge is 2.36. The zero-order chi connectivity index (χ0) is 20.3. The predicted octanol–water partition coefficient (Wildman–Crippen LogP) is 3.98. The Kier molecular flexibility index (Phi) is 6.26. The van der Waals surface area contributed by atoms with Crippen molar-refractivity contribution in [1.29, 1.82) is 0 Å². The predicted molar refractivity (Wildman–Crippen MR) is 115 cm³/mol. The molecule has 0 fully saturated rings. The molecule has 0 unspecified atom stereocenters. The molecule has 5 nitrogen and oxygen atoms in total. The molecule has 2 N–H and O–H groups in total. The van der Waals surface area contributed by atoms with E-state index in [9.17, 15) is 9.59 Å². The summed E-state index contributed by atoms with van der Waals surface area (Å²) in [6, 6.07) is 13.5. The van der Waals surface area contributed by atoms with Crippen LogP contribution in [0.3, 0.4) is 0 Å². The molecule has 2 heterocycles. The van der Waals surface area contributed by atoms with Gasteiger partial charge in [0.1, 0.15) is 0 Å². The summed E-state index contributed by atoms with van der Waals surface area (Å²) < 4.78 is 4.96. The SMILES string of the molecule is CCOC(=O)C(=O)C1=C(C(C)C)NC(=S)N[C@H]1c1ccc(-c2ccccc2)s1. The highest BCUT2D eigenvalue weighted by molar-refractivity contribution is 7.80. The molecule has 0 saturated carbocycles. The summed E-state index contributed by atoms with van der Waals surface area (Å²) in [5, 5.41) is 6.65. The average Bonchev–Trinajstić information content (AvgIpc) is 3.17. The van der Waals surface area contributed by atoms with Crippen LogP contribution in [0.1, 0.15) is 31.7 Å². The van der Waals surface area contributed by atoms with Gasteiger partial charge in [0.15, 0.2) is 5.11 Å². The van der Waals surface area contributed by atoms with E-state index in [0.29, 0.717) is 16.4 Å². The Bertz CT molecular complexity index is 932. The molecule has 7 heteroatoms. The van der Waals surface area contributed by atoms with E-state index in [0.717, 1.165) is 15.3 Å². The molecule has 0 aliphatic carbocycles. The maximum Gasteiger partial charge on any atom is 0.379 e. The van der Waals surface area contributed by atoms with E-state index < -0.39 is 17.8 Å². The van der Waals surface area contributed by atoms with Gasteiger partial charge in [-0.25, -0.2) is 4.79 Å². The van der Waals surface area contributed by atoms with Gasteiger partial charge in [-0.05, 0) is 42.8 Å². The fraction of sp³-hybridized carbons (Fsp3) is 0.286. The van der Waals surface area contributed by atoms with Crippen LogP contribution >= 0.6 is 23.6 Å². The Morgan fingerprint density at radius 2 is 1.89 bits per heavy atom. The van der Waals surface area contributed by atoms with Crippen molar-refractivity contribution in [3.63, 3.8) is 0 Å². The molecular formula is C21H22N2O3S2. The van der Waals surface area contributed by atoms with Crippen LogP contribution in [0.25, 0.3) is 10.4 Å². The van der Waals surface area contributed by atoms with Gasteiger partial charge in [-0.15, -0.1) is 11.3 Å². The summed E-state index contributed by atoms with van der Waals surface area (Å²) in [5.41, 5.74) is 2.12. The van der Waals surface area contributed by atoms with Gasteiger partial charge in [0.2, 0.25) is 0 Å². The second-order valence-electron chi connectivity index (χ2n) is 6.63. The number of Topliss-reactive ketones (excluding diaryl/α,β-unsaturated/α-hetero) is 1. The van der Waals surface area contributed by atoms with E-state index >= 15 is 0 Å². The minimum Gasteiger partial charge on any atom is -0.460 e. The Morgan fingerprint density at radius 1 is 1.18 bits per heavy atom. The minimum absolute atomic E-state index is 0.00974. The molecule has 0 amide bonds. The molecule has 28 heavy (non-hydrogen) atoms. The summed E-state index contributed by atoms with van der Waals surface area (Å²) >= 11 is 6.92. The number of ketones is 1. The molecule has 1 aliphatic heterocycles. The van der Waals surface area contributed by atoms with E-state index in [1.54, 1.807) is 18.3 Å². The van der Waals surface area contributed by atoms with Gasteiger partial charge in [-0.3, -0.25) is 4.79 Å². The van der Waals surface area contributed by atoms with Crippen molar-refractivity contribution in [1.82, 2.24) is 10.6 Å². The van der Waals surface area contributed by atoms with Crippen molar-refractivity contribution in [2.24, 2.45) is 5.92 Å². The number of thiocarbonyl (C=S) groups is 1. The van der Waals surface area contributed by atoms with Gasteiger partial charge in [0.25, 0.3) is 5.78 Å². The van der Waals surface area contributed by atoms with Crippen molar-refractivity contribution in [2.45, 2.75) is 26.8 Å². The first-order valence-electron chi connectivity index (χ1n) is 9.10. The van der Waals surface area contributed by atoms with Crippen molar-refractivity contribution in [2.75, 3.05) is 6.61 Å². The van der Waals surface area contributed by atoms with Crippen LogP contribution in [0.4, 0.5) is 0 Å². The molecule has 2 aromatic rings. The van der Waals surface area contributed by atoms with Crippen molar-refractivity contribution in [3.05, 3.63) is 58.6 Å². The lowest BCUT2D eigenvalue weighted by Crippen LogP contribution is -2.47. The lowest BCUT2D eigenvalue weighted by molar-refractivity contribution is -0.152. The fourth-order valence-corrected chi connectivity index (χ4v) is 4.38. The van der Waals surface area contributed by atoms with E-state index in [1.165, 1.54) is 0 Å². The normalized spacial score (nSPS) is 16.6. The number of carbonyl (C=O) groups is 2. The number of thiophene rings is 1. The first-order chi connectivity index (χ1) is 13.4. The van der Waals surface area contributed by atoms with Gasteiger partial charge >= 0.3 is 5.97 Å². The van der Waals surface area contributed by atoms with Crippen LogP contribution < -0.4 is 10.6 Å². The number of hydrogen-bond donors (Lipinski definition) is 2. The molecule has 1 aromatic carbocycles. The number of carbonyl (C=O) groups excluding carboxylic acids is 2. The highest BCUT2D eigenvalue weighted by atomic mass is 32.1. The number of rotatable bonds is 6. The third-order valence-corrected chi connectivity index (χ3v) is 5.77. The first kappa shape index (κ1) is 20.2. The fourth-order valence-electron chi connectivity index (χ4n) is 3.08. The highest BCUT2D eigenvalue weighted by Crippen LogP contribution is 2.37. The molecule has 1 aromatic heterocycles. The van der Waals surface area contributed by atoms with Gasteiger partial charge < -0.3 is 15.4 Å². The van der Waals surface area contributed by atoms with Crippen molar-refractivity contribution in [3.8, 4) is 10.4 Å². The molecule has 1 atom stereocenters. The quantitative estimate of drug-likeness (QED) is 0.423. The van der Waals surface area contributed by atoms with Crippen LogP contribution in [-0.4, -0.2) is 23.5 Å². The largest absolute Gasteiger partial charge is 0.460 e. The lowest BCUT2D eigenvalue weighted by Gasteiger charge is -2.31. The number of allylic oxidation sites excluding steroid dienone is 1.